The quantitative estimate of drug-likeness (QED) is 0.690. The highest BCUT2D eigenvalue weighted by atomic mass is 16.5. The van der Waals surface area contributed by atoms with E-state index in [1.807, 2.05) is 59.2 Å². The van der Waals surface area contributed by atoms with Crippen molar-refractivity contribution in [2.45, 2.75) is 12.5 Å². The van der Waals surface area contributed by atoms with Crippen molar-refractivity contribution in [3.63, 3.8) is 0 Å². The Morgan fingerprint density at radius 2 is 1.86 bits per heavy atom. The number of carbonyl (C=O) groups excluding carboxylic acids is 1. The Balaban J connectivity index is 1.97. The van der Waals surface area contributed by atoms with Crippen molar-refractivity contribution in [2.24, 2.45) is 0 Å². The van der Waals surface area contributed by atoms with Gasteiger partial charge in [-0.05, 0) is 17.7 Å². The van der Waals surface area contributed by atoms with Gasteiger partial charge in [0.05, 0.1) is 30.4 Å². The highest BCUT2D eigenvalue weighted by molar-refractivity contribution is 5.79. The molecule has 1 atom stereocenters. The van der Waals surface area contributed by atoms with Crippen LogP contribution in [0, 0.1) is 0 Å². The largest absolute Gasteiger partial charge is 0.468 e. The molecule has 3 rings (SSSR count). The molecule has 0 spiro atoms. The number of aromatic nitrogens is 2. The zero-order chi connectivity index (χ0) is 14.7. The van der Waals surface area contributed by atoms with Crippen LogP contribution in [0.1, 0.15) is 11.5 Å². The molecule has 0 saturated carbocycles. The van der Waals surface area contributed by atoms with E-state index in [1.165, 1.54) is 7.11 Å². The van der Waals surface area contributed by atoms with Crippen LogP contribution in [0.5, 0.6) is 0 Å². The number of fused-ring (bicyclic) bond motifs is 1. The molecule has 0 amide bonds. The van der Waals surface area contributed by atoms with E-state index >= 15 is 0 Å². The SMILES string of the molecule is COC(=O)C(Cn1cnc2ccccc21)c1ccccc1. The minimum Gasteiger partial charge on any atom is -0.468 e. The molecule has 1 unspecified atom stereocenters. The summed E-state index contributed by atoms with van der Waals surface area (Å²) in [6.07, 6.45) is 1.77. The predicted molar refractivity (Wildman–Crippen MR) is 80.9 cm³/mol. The van der Waals surface area contributed by atoms with E-state index in [0.717, 1.165) is 16.6 Å². The zero-order valence-corrected chi connectivity index (χ0v) is 11.8. The Morgan fingerprint density at radius 1 is 1.14 bits per heavy atom. The summed E-state index contributed by atoms with van der Waals surface area (Å²) >= 11 is 0. The second-order valence-corrected chi connectivity index (χ2v) is 4.87. The van der Waals surface area contributed by atoms with Gasteiger partial charge in [-0.2, -0.15) is 0 Å². The third-order valence-corrected chi connectivity index (χ3v) is 3.59. The molecule has 0 radical (unpaired) electrons. The van der Waals surface area contributed by atoms with E-state index in [0.29, 0.717) is 6.54 Å². The number of benzene rings is 2. The lowest BCUT2D eigenvalue weighted by Gasteiger charge is -2.16. The van der Waals surface area contributed by atoms with E-state index in [1.54, 1.807) is 6.33 Å². The average molecular weight is 280 g/mol. The van der Waals surface area contributed by atoms with E-state index < -0.39 is 0 Å². The molecule has 106 valence electrons. The molecule has 1 heterocycles. The molecule has 0 fully saturated rings. The van der Waals surface area contributed by atoms with Gasteiger partial charge in [0.1, 0.15) is 0 Å². The van der Waals surface area contributed by atoms with Crippen molar-refractivity contribution in [3.05, 3.63) is 66.5 Å². The minimum atomic E-state index is -0.339. The summed E-state index contributed by atoms with van der Waals surface area (Å²) in [5.41, 5.74) is 2.89. The molecule has 0 N–H and O–H groups in total. The Morgan fingerprint density at radius 3 is 2.62 bits per heavy atom. The lowest BCUT2D eigenvalue weighted by molar-refractivity contribution is -0.142. The number of esters is 1. The van der Waals surface area contributed by atoms with Crippen LogP contribution in [0.4, 0.5) is 0 Å². The molecule has 21 heavy (non-hydrogen) atoms. The molecule has 0 aliphatic carbocycles. The standard InChI is InChI=1S/C17H16N2O2/c1-21-17(20)14(13-7-3-2-4-8-13)11-19-12-18-15-9-5-6-10-16(15)19/h2-10,12,14H,11H2,1H3. The van der Waals surface area contributed by atoms with Crippen LogP contribution in [0.2, 0.25) is 0 Å². The van der Waals surface area contributed by atoms with E-state index in [2.05, 4.69) is 4.98 Å². The predicted octanol–water partition coefficient (Wildman–Crippen LogP) is 2.99. The van der Waals surface area contributed by atoms with Gasteiger partial charge in [-0.1, -0.05) is 42.5 Å². The van der Waals surface area contributed by atoms with Gasteiger partial charge in [-0.15, -0.1) is 0 Å². The number of methoxy groups -OCH3 is 1. The summed E-state index contributed by atoms with van der Waals surface area (Å²) in [7, 11) is 1.42. The van der Waals surface area contributed by atoms with Crippen molar-refractivity contribution in [3.8, 4) is 0 Å². The zero-order valence-electron chi connectivity index (χ0n) is 11.8. The van der Waals surface area contributed by atoms with Crippen LogP contribution >= 0.6 is 0 Å². The number of para-hydroxylation sites is 2. The smallest absolute Gasteiger partial charge is 0.314 e. The van der Waals surface area contributed by atoms with Gasteiger partial charge in [0.25, 0.3) is 0 Å². The van der Waals surface area contributed by atoms with Crippen molar-refractivity contribution >= 4 is 17.0 Å². The van der Waals surface area contributed by atoms with Crippen LogP contribution in [-0.4, -0.2) is 22.6 Å². The van der Waals surface area contributed by atoms with E-state index in [9.17, 15) is 4.79 Å². The number of hydrogen-bond acceptors (Lipinski definition) is 3. The second kappa shape index (κ2) is 5.79. The number of nitrogens with zero attached hydrogens (tertiary/aromatic N) is 2. The highest BCUT2D eigenvalue weighted by Gasteiger charge is 2.22. The van der Waals surface area contributed by atoms with Crippen molar-refractivity contribution in [1.29, 1.82) is 0 Å². The first-order valence-electron chi connectivity index (χ1n) is 6.82. The molecule has 4 nitrogen and oxygen atoms in total. The van der Waals surface area contributed by atoms with Crippen LogP contribution in [0.25, 0.3) is 11.0 Å². The topological polar surface area (TPSA) is 44.1 Å². The molecule has 1 aromatic heterocycles. The van der Waals surface area contributed by atoms with Crippen LogP contribution < -0.4 is 0 Å². The van der Waals surface area contributed by atoms with Gasteiger partial charge < -0.3 is 9.30 Å². The molecular formula is C17H16N2O2. The van der Waals surface area contributed by atoms with Gasteiger partial charge in [-0.3, -0.25) is 4.79 Å². The third kappa shape index (κ3) is 2.65. The summed E-state index contributed by atoms with van der Waals surface area (Å²) in [4.78, 5) is 16.5. The number of imidazole rings is 1. The van der Waals surface area contributed by atoms with Crippen LogP contribution in [-0.2, 0) is 16.1 Å². The maximum atomic E-state index is 12.1. The summed E-state index contributed by atoms with van der Waals surface area (Å²) in [6, 6.07) is 17.6. The highest BCUT2D eigenvalue weighted by Crippen LogP contribution is 2.22. The summed E-state index contributed by atoms with van der Waals surface area (Å²) in [5.74, 6) is -0.576. The Bertz CT molecular complexity index is 750. The van der Waals surface area contributed by atoms with Gasteiger partial charge >= 0.3 is 5.97 Å². The molecular weight excluding hydrogens is 264 g/mol. The maximum Gasteiger partial charge on any atom is 0.314 e. The summed E-state index contributed by atoms with van der Waals surface area (Å²) in [6.45, 7) is 0.511. The van der Waals surface area contributed by atoms with E-state index in [-0.39, 0.29) is 11.9 Å². The first-order valence-corrected chi connectivity index (χ1v) is 6.82. The van der Waals surface area contributed by atoms with Gasteiger partial charge in [0, 0.05) is 6.54 Å². The molecule has 0 saturated heterocycles. The minimum absolute atomic E-state index is 0.237. The normalized spacial score (nSPS) is 12.2. The molecule has 4 heteroatoms. The fourth-order valence-electron chi connectivity index (χ4n) is 2.50. The van der Waals surface area contributed by atoms with Crippen molar-refractivity contribution in [1.82, 2.24) is 9.55 Å². The Hall–Kier alpha value is -2.62. The van der Waals surface area contributed by atoms with E-state index in [4.69, 9.17) is 4.74 Å². The lowest BCUT2D eigenvalue weighted by Crippen LogP contribution is -2.19. The summed E-state index contributed by atoms with van der Waals surface area (Å²) < 4.78 is 6.94. The van der Waals surface area contributed by atoms with Crippen molar-refractivity contribution in [2.75, 3.05) is 7.11 Å². The number of carbonyl (C=O) groups is 1. The molecule has 2 aromatic carbocycles. The second-order valence-electron chi connectivity index (χ2n) is 4.87. The van der Waals surface area contributed by atoms with Crippen molar-refractivity contribution < 1.29 is 9.53 Å². The monoisotopic (exact) mass is 280 g/mol. The first kappa shape index (κ1) is 13.4. The van der Waals surface area contributed by atoms with Gasteiger partial charge in [0.15, 0.2) is 0 Å². The lowest BCUT2D eigenvalue weighted by atomic mass is 9.99. The summed E-state index contributed by atoms with van der Waals surface area (Å²) in [5, 5.41) is 0. The molecule has 3 aromatic rings. The van der Waals surface area contributed by atoms with Gasteiger partial charge in [0.2, 0.25) is 0 Å². The average Bonchev–Trinajstić information content (AvgIpc) is 2.96. The van der Waals surface area contributed by atoms with Crippen LogP contribution in [0.3, 0.4) is 0 Å². The maximum absolute atomic E-state index is 12.1. The molecule has 0 bridgehead atoms. The van der Waals surface area contributed by atoms with Crippen LogP contribution in [0.15, 0.2) is 60.9 Å². The molecule has 0 aliphatic rings. The molecule has 0 aliphatic heterocycles. The number of ether oxygens (including phenoxy) is 1. The van der Waals surface area contributed by atoms with Gasteiger partial charge in [-0.25, -0.2) is 4.98 Å². The number of rotatable bonds is 4. The first-order chi connectivity index (χ1) is 10.3. The fourth-order valence-corrected chi connectivity index (χ4v) is 2.50. The number of hydrogen-bond donors (Lipinski definition) is 0. The fraction of sp³-hybridized carbons (Fsp3) is 0.176. The third-order valence-electron chi connectivity index (χ3n) is 3.59. The Labute approximate surface area is 123 Å². The Kier molecular flexibility index (Phi) is 3.69.